The molecule has 1 heterocycles. The summed E-state index contributed by atoms with van der Waals surface area (Å²) in [6, 6.07) is 13.8. The molecule has 2 aliphatic rings. The van der Waals surface area contributed by atoms with Crippen LogP contribution >= 0.6 is 0 Å². The van der Waals surface area contributed by atoms with Crippen LogP contribution in [-0.2, 0) is 26.3 Å². The largest absolute Gasteiger partial charge is 0.213 e. The number of aryl methyl sites for hydroxylation is 5. The van der Waals surface area contributed by atoms with E-state index in [0.29, 0.717) is 0 Å². The van der Waals surface area contributed by atoms with Crippen molar-refractivity contribution in [1.29, 1.82) is 0 Å². The topological polar surface area (TPSA) is 3.88 Å². The minimum absolute atomic E-state index is 1.06. The van der Waals surface area contributed by atoms with Gasteiger partial charge in [0.25, 0.3) is 0 Å². The van der Waals surface area contributed by atoms with Crippen molar-refractivity contribution in [3.8, 4) is 22.4 Å². The maximum absolute atomic E-state index is 2.46. The Bertz CT molecular complexity index is 1030. The summed E-state index contributed by atoms with van der Waals surface area (Å²) >= 11 is 0. The number of aromatic nitrogens is 1. The van der Waals surface area contributed by atoms with Gasteiger partial charge in [0.1, 0.15) is 7.05 Å². The first kappa shape index (κ1) is 14.9. The fraction of sp³-hybridized carbons (Fsp3) is 0.292. The van der Waals surface area contributed by atoms with E-state index in [4.69, 9.17) is 0 Å². The van der Waals surface area contributed by atoms with Crippen molar-refractivity contribution < 1.29 is 4.57 Å². The molecule has 0 fully saturated rings. The first-order valence-electron chi connectivity index (χ1n) is 9.36. The molecular formula is C24H24N+. The van der Waals surface area contributed by atoms with Crippen LogP contribution < -0.4 is 4.57 Å². The SMILES string of the molecule is Cc1cccc2c1Cc1c-2ccc(C)c1-c1cc2c(c[n+]1C)CCC2. The summed E-state index contributed by atoms with van der Waals surface area (Å²) in [5.41, 5.74) is 14.6. The molecule has 1 nitrogen and oxygen atoms in total. The number of fused-ring (bicyclic) bond motifs is 4. The number of rotatable bonds is 1. The molecule has 2 aliphatic carbocycles. The van der Waals surface area contributed by atoms with E-state index in [2.05, 4.69) is 68.1 Å². The molecule has 0 aliphatic heterocycles. The lowest BCUT2D eigenvalue weighted by Crippen LogP contribution is -2.32. The molecule has 0 unspecified atom stereocenters. The normalized spacial score (nSPS) is 14.4. The van der Waals surface area contributed by atoms with Gasteiger partial charge in [-0.15, -0.1) is 0 Å². The van der Waals surface area contributed by atoms with Crippen molar-refractivity contribution in [3.63, 3.8) is 0 Å². The molecule has 124 valence electrons. The van der Waals surface area contributed by atoms with Crippen LogP contribution in [-0.4, -0.2) is 0 Å². The summed E-state index contributed by atoms with van der Waals surface area (Å²) in [6.07, 6.45) is 7.20. The van der Waals surface area contributed by atoms with Gasteiger partial charge in [-0.25, -0.2) is 4.57 Å². The van der Waals surface area contributed by atoms with Crippen molar-refractivity contribution in [3.05, 3.63) is 76.0 Å². The maximum Gasteiger partial charge on any atom is 0.213 e. The van der Waals surface area contributed by atoms with E-state index in [1.807, 2.05) is 0 Å². The standard InChI is InChI=1S/C24H24N/c1-15-6-4-9-19-20-11-10-16(2)24(22(20)13-21(15)19)23-12-17-7-5-8-18(17)14-25(23)3/h4,6,9-12,14H,5,7-8,13H2,1-3H3/q+1. The Morgan fingerprint density at radius 1 is 0.840 bits per heavy atom. The van der Waals surface area contributed by atoms with Crippen LogP contribution in [0.2, 0.25) is 0 Å². The van der Waals surface area contributed by atoms with Gasteiger partial charge in [0.2, 0.25) is 5.69 Å². The second kappa shape index (κ2) is 5.29. The molecule has 0 amide bonds. The first-order valence-corrected chi connectivity index (χ1v) is 9.36. The molecule has 0 radical (unpaired) electrons. The van der Waals surface area contributed by atoms with Gasteiger partial charge in [-0.1, -0.05) is 30.3 Å². The van der Waals surface area contributed by atoms with E-state index in [0.717, 1.165) is 6.42 Å². The van der Waals surface area contributed by atoms with Crippen LogP contribution in [0.1, 0.15) is 39.8 Å². The molecule has 0 spiro atoms. The third-order valence-electron chi connectivity index (χ3n) is 6.18. The molecule has 0 N–H and O–H groups in total. The van der Waals surface area contributed by atoms with E-state index in [-0.39, 0.29) is 0 Å². The van der Waals surface area contributed by atoms with Crippen molar-refractivity contribution in [1.82, 2.24) is 0 Å². The van der Waals surface area contributed by atoms with Gasteiger partial charge in [-0.05, 0) is 78.5 Å². The summed E-state index contributed by atoms with van der Waals surface area (Å²) in [4.78, 5) is 0. The fourth-order valence-electron chi connectivity index (χ4n) is 4.84. The molecular weight excluding hydrogens is 302 g/mol. The fourth-order valence-corrected chi connectivity index (χ4v) is 4.84. The maximum atomic E-state index is 2.46. The number of hydrogen-bond acceptors (Lipinski definition) is 0. The van der Waals surface area contributed by atoms with Crippen LogP contribution in [0.4, 0.5) is 0 Å². The van der Waals surface area contributed by atoms with Crippen LogP contribution in [0.25, 0.3) is 22.4 Å². The van der Waals surface area contributed by atoms with Crippen LogP contribution in [0, 0.1) is 13.8 Å². The van der Waals surface area contributed by atoms with Crippen molar-refractivity contribution in [2.24, 2.45) is 7.05 Å². The highest BCUT2D eigenvalue weighted by Gasteiger charge is 2.28. The average Bonchev–Trinajstić information content (AvgIpc) is 3.19. The Morgan fingerprint density at radius 3 is 2.52 bits per heavy atom. The van der Waals surface area contributed by atoms with E-state index < -0.39 is 0 Å². The monoisotopic (exact) mass is 326 g/mol. The molecule has 0 bridgehead atoms. The van der Waals surface area contributed by atoms with E-state index >= 15 is 0 Å². The highest BCUT2D eigenvalue weighted by atomic mass is 14.9. The first-order chi connectivity index (χ1) is 12.1. The molecule has 0 saturated carbocycles. The van der Waals surface area contributed by atoms with Gasteiger partial charge in [0.05, 0.1) is 5.56 Å². The summed E-state index contributed by atoms with van der Waals surface area (Å²) in [6.45, 7) is 4.51. The van der Waals surface area contributed by atoms with Gasteiger partial charge in [0, 0.05) is 11.6 Å². The summed E-state index contributed by atoms with van der Waals surface area (Å²) in [5.74, 6) is 0. The van der Waals surface area contributed by atoms with Gasteiger partial charge in [-0.3, -0.25) is 0 Å². The minimum atomic E-state index is 1.06. The Balaban J connectivity index is 1.77. The number of pyridine rings is 1. The molecule has 1 aromatic heterocycles. The van der Waals surface area contributed by atoms with E-state index in [1.54, 1.807) is 5.56 Å². The van der Waals surface area contributed by atoms with E-state index in [1.165, 1.54) is 69.5 Å². The smallest absolute Gasteiger partial charge is 0.201 e. The molecule has 3 aromatic rings. The lowest BCUT2D eigenvalue weighted by molar-refractivity contribution is -0.660. The lowest BCUT2D eigenvalue weighted by Gasteiger charge is -2.12. The third-order valence-corrected chi connectivity index (χ3v) is 6.18. The zero-order valence-electron chi connectivity index (χ0n) is 15.3. The molecule has 25 heavy (non-hydrogen) atoms. The van der Waals surface area contributed by atoms with Crippen LogP contribution in [0.15, 0.2) is 42.6 Å². The number of hydrogen-bond donors (Lipinski definition) is 0. The Hall–Kier alpha value is -2.41. The van der Waals surface area contributed by atoms with Crippen molar-refractivity contribution >= 4 is 0 Å². The van der Waals surface area contributed by atoms with E-state index in [9.17, 15) is 0 Å². The molecule has 5 rings (SSSR count). The number of benzene rings is 2. The zero-order chi connectivity index (χ0) is 17.1. The van der Waals surface area contributed by atoms with Gasteiger partial charge in [-0.2, -0.15) is 0 Å². The molecule has 0 saturated heterocycles. The van der Waals surface area contributed by atoms with Gasteiger partial charge < -0.3 is 0 Å². The second-order valence-electron chi connectivity index (χ2n) is 7.73. The second-order valence-corrected chi connectivity index (χ2v) is 7.73. The lowest BCUT2D eigenvalue weighted by atomic mass is 9.93. The Kier molecular flexibility index (Phi) is 3.15. The minimum Gasteiger partial charge on any atom is -0.201 e. The highest BCUT2D eigenvalue weighted by Crippen LogP contribution is 2.43. The number of nitrogens with zero attached hydrogens (tertiary/aromatic N) is 1. The Morgan fingerprint density at radius 2 is 1.64 bits per heavy atom. The summed E-state index contributed by atoms with van der Waals surface area (Å²) in [5, 5.41) is 0. The molecule has 2 aromatic carbocycles. The van der Waals surface area contributed by atoms with Crippen molar-refractivity contribution in [2.45, 2.75) is 39.5 Å². The summed E-state index contributed by atoms with van der Waals surface area (Å²) < 4.78 is 2.35. The van der Waals surface area contributed by atoms with Crippen LogP contribution in [0.5, 0.6) is 0 Å². The average molecular weight is 326 g/mol. The molecule has 1 heteroatoms. The highest BCUT2D eigenvalue weighted by molar-refractivity contribution is 5.85. The predicted molar refractivity (Wildman–Crippen MR) is 103 cm³/mol. The van der Waals surface area contributed by atoms with Gasteiger partial charge in [0.15, 0.2) is 6.20 Å². The van der Waals surface area contributed by atoms with Gasteiger partial charge >= 0.3 is 0 Å². The molecule has 0 atom stereocenters. The summed E-state index contributed by atoms with van der Waals surface area (Å²) in [7, 11) is 2.21. The Labute approximate surface area is 150 Å². The van der Waals surface area contributed by atoms with Crippen LogP contribution in [0.3, 0.4) is 0 Å². The van der Waals surface area contributed by atoms with Crippen molar-refractivity contribution in [2.75, 3.05) is 0 Å². The quantitative estimate of drug-likeness (QED) is 0.440. The zero-order valence-corrected chi connectivity index (χ0v) is 15.3. The predicted octanol–water partition coefficient (Wildman–Crippen LogP) is 4.85. The third kappa shape index (κ3) is 2.12.